The molecule has 0 saturated carbocycles. The van der Waals surface area contributed by atoms with Gasteiger partial charge in [0.25, 0.3) is 0 Å². The standard InChI is InChI=1S/C12H27NO2S/c1-5-6-7-8-9-12(2,3)10-11-13-16(4,14)15/h13H,5-11H2,1-4H3. The molecule has 1 N–H and O–H groups in total. The van der Waals surface area contributed by atoms with Gasteiger partial charge in [-0.1, -0.05) is 46.5 Å². The van der Waals surface area contributed by atoms with E-state index in [9.17, 15) is 8.42 Å². The average molecular weight is 249 g/mol. The van der Waals surface area contributed by atoms with E-state index < -0.39 is 10.0 Å². The molecule has 0 aromatic rings. The van der Waals surface area contributed by atoms with Gasteiger partial charge in [-0.05, 0) is 18.3 Å². The van der Waals surface area contributed by atoms with Crippen molar-refractivity contribution < 1.29 is 8.42 Å². The molecule has 0 aromatic carbocycles. The molecule has 0 saturated heterocycles. The van der Waals surface area contributed by atoms with Crippen molar-refractivity contribution in [3.05, 3.63) is 0 Å². The van der Waals surface area contributed by atoms with E-state index in [2.05, 4.69) is 25.5 Å². The van der Waals surface area contributed by atoms with Crippen LogP contribution in [0.1, 0.15) is 59.3 Å². The number of rotatable bonds is 9. The first kappa shape index (κ1) is 15.9. The quantitative estimate of drug-likeness (QED) is 0.639. The van der Waals surface area contributed by atoms with Gasteiger partial charge in [0.15, 0.2) is 0 Å². The lowest BCUT2D eigenvalue weighted by Gasteiger charge is -2.24. The van der Waals surface area contributed by atoms with Crippen LogP contribution >= 0.6 is 0 Å². The lowest BCUT2D eigenvalue weighted by atomic mass is 9.84. The van der Waals surface area contributed by atoms with Crippen LogP contribution in [0.2, 0.25) is 0 Å². The minimum atomic E-state index is -3.03. The van der Waals surface area contributed by atoms with Crippen molar-refractivity contribution in [1.29, 1.82) is 0 Å². The summed E-state index contributed by atoms with van der Waals surface area (Å²) in [4.78, 5) is 0. The summed E-state index contributed by atoms with van der Waals surface area (Å²) in [5.74, 6) is 0. The Morgan fingerprint density at radius 1 is 1.06 bits per heavy atom. The Balaban J connectivity index is 3.70. The van der Waals surface area contributed by atoms with E-state index in [4.69, 9.17) is 0 Å². The number of unbranched alkanes of at least 4 members (excludes halogenated alkanes) is 3. The lowest BCUT2D eigenvalue weighted by Crippen LogP contribution is -2.27. The van der Waals surface area contributed by atoms with Gasteiger partial charge in [0, 0.05) is 6.54 Å². The van der Waals surface area contributed by atoms with Gasteiger partial charge in [0.05, 0.1) is 6.26 Å². The minimum Gasteiger partial charge on any atom is -0.215 e. The van der Waals surface area contributed by atoms with E-state index in [1.165, 1.54) is 38.4 Å². The second kappa shape index (κ2) is 7.28. The van der Waals surface area contributed by atoms with E-state index >= 15 is 0 Å². The maximum absolute atomic E-state index is 10.9. The van der Waals surface area contributed by atoms with Crippen molar-refractivity contribution in [2.75, 3.05) is 12.8 Å². The van der Waals surface area contributed by atoms with Crippen LogP contribution in [0.5, 0.6) is 0 Å². The summed E-state index contributed by atoms with van der Waals surface area (Å²) < 4.78 is 24.4. The second-order valence-electron chi connectivity index (χ2n) is 5.39. The van der Waals surface area contributed by atoms with E-state index in [0.717, 1.165) is 6.42 Å². The summed E-state index contributed by atoms with van der Waals surface area (Å²) >= 11 is 0. The van der Waals surface area contributed by atoms with Crippen molar-refractivity contribution in [3.8, 4) is 0 Å². The van der Waals surface area contributed by atoms with Crippen LogP contribution in [0.3, 0.4) is 0 Å². The normalized spacial score (nSPS) is 13.0. The highest BCUT2D eigenvalue weighted by Crippen LogP contribution is 2.27. The first-order valence-corrected chi connectivity index (χ1v) is 8.10. The lowest BCUT2D eigenvalue weighted by molar-refractivity contribution is 0.296. The Labute approximate surface area is 101 Å². The van der Waals surface area contributed by atoms with Gasteiger partial charge in [-0.2, -0.15) is 0 Å². The van der Waals surface area contributed by atoms with Gasteiger partial charge in [-0.15, -0.1) is 0 Å². The zero-order valence-corrected chi connectivity index (χ0v) is 12.0. The first-order valence-electron chi connectivity index (χ1n) is 6.21. The van der Waals surface area contributed by atoms with Gasteiger partial charge in [-0.25, -0.2) is 13.1 Å². The number of hydrogen-bond donors (Lipinski definition) is 1. The highest BCUT2D eigenvalue weighted by molar-refractivity contribution is 7.88. The molecule has 3 nitrogen and oxygen atoms in total. The van der Waals surface area contributed by atoms with E-state index in [-0.39, 0.29) is 5.41 Å². The molecule has 0 atom stereocenters. The zero-order valence-electron chi connectivity index (χ0n) is 11.2. The molecular weight excluding hydrogens is 222 g/mol. The fraction of sp³-hybridized carbons (Fsp3) is 1.00. The largest absolute Gasteiger partial charge is 0.215 e. The Kier molecular flexibility index (Phi) is 7.24. The summed E-state index contributed by atoms with van der Waals surface area (Å²) in [6.07, 6.45) is 8.40. The van der Waals surface area contributed by atoms with Gasteiger partial charge < -0.3 is 0 Å². The highest BCUT2D eigenvalue weighted by Gasteiger charge is 2.17. The first-order chi connectivity index (χ1) is 7.27. The highest BCUT2D eigenvalue weighted by atomic mass is 32.2. The third-order valence-electron chi connectivity index (χ3n) is 2.87. The third-order valence-corrected chi connectivity index (χ3v) is 3.60. The topological polar surface area (TPSA) is 46.2 Å². The van der Waals surface area contributed by atoms with Gasteiger partial charge >= 0.3 is 0 Å². The summed E-state index contributed by atoms with van der Waals surface area (Å²) in [5, 5.41) is 0. The summed E-state index contributed by atoms with van der Waals surface area (Å²) in [5.41, 5.74) is 0.241. The molecule has 0 aliphatic carbocycles. The maximum Gasteiger partial charge on any atom is 0.208 e. The molecule has 0 fully saturated rings. The minimum absolute atomic E-state index is 0.241. The van der Waals surface area contributed by atoms with Crippen LogP contribution in [0.15, 0.2) is 0 Å². The molecule has 98 valence electrons. The molecule has 0 rings (SSSR count). The molecule has 0 bridgehead atoms. The summed E-state index contributed by atoms with van der Waals surface area (Å²) in [7, 11) is -3.03. The monoisotopic (exact) mass is 249 g/mol. The second-order valence-corrected chi connectivity index (χ2v) is 7.22. The Morgan fingerprint density at radius 2 is 1.69 bits per heavy atom. The van der Waals surface area contributed by atoms with Crippen molar-refractivity contribution in [1.82, 2.24) is 4.72 Å². The molecule has 0 heterocycles. The molecule has 0 amide bonds. The predicted octanol–water partition coefficient (Wildman–Crippen LogP) is 2.92. The van der Waals surface area contributed by atoms with Crippen molar-refractivity contribution >= 4 is 10.0 Å². The van der Waals surface area contributed by atoms with Crippen LogP contribution in [0.25, 0.3) is 0 Å². The fourth-order valence-electron chi connectivity index (χ4n) is 1.73. The van der Waals surface area contributed by atoms with E-state index in [0.29, 0.717) is 6.54 Å². The molecule has 16 heavy (non-hydrogen) atoms. The Hall–Kier alpha value is -0.0900. The molecule has 0 aliphatic heterocycles. The summed E-state index contributed by atoms with van der Waals surface area (Å²) in [6.45, 7) is 7.19. The van der Waals surface area contributed by atoms with E-state index in [1.54, 1.807) is 0 Å². The van der Waals surface area contributed by atoms with Crippen molar-refractivity contribution in [3.63, 3.8) is 0 Å². The molecular formula is C12H27NO2S. The molecule has 0 aromatic heterocycles. The third kappa shape index (κ3) is 10.4. The van der Waals surface area contributed by atoms with Gasteiger partial charge in [0.1, 0.15) is 0 Å². The van der Waals surface area contributed by atoms with Gasteiger partial charge in [-0.3, -0.25) is 0 Å². The fourth-order valence-corrected chi connectivity index (χ4v) is 2.20. The Bertz CT molecular complexity index is 271. The van der Waals surface area contributed by atoms with Crippen LogP contribution in [-0.4, -0.2) is 21.2 Å². The average Bonchev–Trinajstić information content (AvgIpc) is 2.10. The molecule has 4 heteroatoms. The molecule has 0 unspecified atom stereocenters. The van der Waals surface area contributed by atoms with Crippen LogP contribution < -0.4 is 4.72 Å². The Morgan fingerprint density at radius 3 is 2.19 bits per heavy atom. The van der Waals surface area contributed by atoms with Crippen LogP contribution in [0, 0.1) is 5.41 Å². The number of sulfonamides is 1. The number of nitrogens with one attached hydrogen (secondary N) is 1. The smallest absolute Gasteiger partial charge is 0.208 e. The van der Waals surface area contributed by atoms with Crippen molar-refractivity contribution in [2.45, 2.75) is 59.3 Å². The van der Waals surface area contributed by atoms with Gasteiger partial charge in [0.2, 0.25) is 10.0 Å². The summed E-state index contributed by atoms with van der Waals surface area (Å²) in [6, 6.07) is 0. The molecule has 0 spiro atoms. The van der Waals surface area contributed by atoms with E-state index in [1.807, 2.05) is 0 Å². The molecule has 0 aliphatic rings. The zero-order chi connectivity index (χ0) is 12.7. The van der Waals surface area contributed by atoms with Crippen molar-refractivity contribution in [2.24, 2.45) is 5.41 Å². The van der Waals surface area contributed by atoms with Crippen LogP contribution in [-0.2, 0) is 10.0 Å². The maximum atomic E-state index is 10.9. The van der Waals surface area contributed by atoms with Crippen LogP contribution in [0.4, 0.5) is 0 Å². The number of hydrogen-bond acceptors (Lipinski definition) is 2. The molecule has 0 radical (unpaired) electrons. The SMILES string of the molecule is CCCCCCC(C)(C)CCNS(C)(=O)=O. The predicted molar refractivity (Wildman–Crippen MR) is 70.0 cm³/mol.